The van der Waals surface area contributed by atoms with Gasteiger partial charge in [0.2, 0.25) is 10.0 Å². The minimum Gasteiger partial charge on any atom is -0.381 e. The van der Waals surface area contributed by atoms with Crippen molar-refractivity contribution in [2.45, 2.75) is 30.7 Å². The zero-order chi connectivity index (χ0) is 18.3. The van der Waals surface area contributed by atoms with Crippen LogP contribution in [0.2, 0.25) is 0 Å². The number of ether oxygens (including phenoxy) is 1. The van der Waals surface area contributed by atoms with Crippen LogP contribution in [0.15, 0.2) is 34.2 Å². The molecule has 0 aliphatic carbocycles. The Morgan fingerprint density at radius 1 is 1.38 bits per heavy atom. The van der Waals surface area contributed by atoms with Gasteiger partial charge in [-0.05, 0) is 42.9 Å². The molecule has 0 radical (unpaired) electrons. The second-order valence-electron chi connectivity index (χ2n) is 6.36. The number of rotatable bonds is 6. The summed E-state index contributed by atoms with van der Waals surface area (Å²) >= 11 is 0. The minimum atomic E-state index is -3.69. The first-order valence-electron chi connectivity index (χ1n) is 8.51. The minimum absolute atomic E-state index is 0. The molecule has 1 heterocycles. The first-order chi connectivity index (χ1) is 11.9. The summed E-state index contributed by atoms with van der Waals surface area (Å²) < 4.78 is 28.3. The van der Waals surface area contributed by atoms with Crippen molar-refractivity contribution in [3.63, 3.8) is 0 Å². The van der Waals surface area contributed by atoms with E-state index >= 15 is 0 Å². The Kier molecular flexibility index (Phi) is 9.83. The molecule has 0 saturated carbocycles. The average Bonchev–Trinajstić information content (AvgIpc) is 2.61. The van der Waals surface area contributed by atoms with E-state index in [1.165, 1.54) is 6.07 Å². The molecule has 0 bridgehead atoms. The number of benzene rings is 1. The van der Waals surface area contributed by atoms with E-state index in [0.717, 1.165) is 50.5 Å². The molecule has 2 rings (SSSR count). The smallest absolute Gasteiger partial charge is 0.238 e. The van der Waals surface area contributed by atoms with Crippen molar-refractivity contribution < 1.29 is 13.2 Å². The van der Waals surface area contributed by atoms with Crippen LogP contribution in [0.1, 0.15) is 24.8 Å². The quantitative estimate of drug-likeness (QED) is 0.356. The lowest BCUT2D eigenvalue weighted by Crippen LogP contribution is -2.39. The number of nitrogens with zero attached hydrogens (tertiary/aromatic N) is 2. The first kappa shape index (κ1) is 23.1. The molecular formula is C17H29IN4O3S. The maximum Gasteiger partial charge on any atom is 0.238 e. The number of guanidine groups is 1. The van der Waals surface area contributed by atoms with Gasteiger partial charge in [-0.15, -0.1) is 24.0 Å². The second-order valence-corrected chi connectivity index (χ2v) is 7.92. The molecule has 0 spiro atoms. The Morgan fingerprint density at radius 3 is 2.69 bits per heavy atom. The molecule has 1 saturated heterocycles. The summed E-state index contributed by atoms with van der Waals surface area (Å²) in [6.07, 6.45) is 3.36. The van der Waals surface area contributed by atoms with E-state index in [9.17, 15) is 8.42 Å². The number of primary sulfonamides is 1. The summed E-state index contributed by atoms with van der Waals surface area (Å²) in [5.74, 6) is 1.49. The Bertz CT molecular complexity index is 691. The Balaban J connectivity index is 0.00000338. The Labute approximate surface area is 173 Å². The standard InChI is InChI=1S/C17H28N4O3S.HI/c1-19-17(21(2)9-6-14-7-10-24-11-8-14)20-13-15-4-3-5-16(12-15)25(18,22)23;/h3-5,12,14H,6-11,13H2,1-2H3,(H,19,20)(H2,18,22,23);1H. The van der Waals surface area contributed by atoms with Crippen molar-refractivity contribution in [3.05, 3.63) is 29.8 Å². The third-order valence-electron chi connectivity index (χ3n) is 4.46. The normalized spacial score (nSPS) is 16.0. The van der Waals surface area contributed by atoms with E-state index < -0.39 is 10.0 Å². The molecule has 7 nitrogen and oxygen atoms in total. The van der Waals surface area contributed by atoms with E-state index in [2.05, 4.69) is 15.2 Å². The fourth-order valence-corrected chi connectivity index (χ4v) is 3.50. The van der Waals surface area contributed by atoms with Crippen molar-refractivity contribution in [1.82, 2.24) is 10.2 Å². The predicted molar refractivity (Wildman–Crippen MR) is 114 cm³/mol. The third-order valence-corrected chi connectivity index (χ3v) is 5.38. The summed E-state index contributed by atoms with van der Waals surface area (Å²) in [5, 5.41) is 8.44. The van der Waals surface area contributed by atoms with E-state index in [-0.39, 0.29) is 28.9 Å². The van der Waals surface area contributed by atoms with Crippen LogP contribution in [0.4, 0.5) is 0 Å². The maximum atomic E-state index is 11.4. The molecule has 148 valence electrons. The number of hydrogen-bond donors (Lipinski definition) is 2. The van der Waals surface area contributed by atoms with Gasteiger partial charge in [0.1, 0.15) is 0 Å². The van der Waals surface area contributed by atoms with Crippen LogP contribution < -0.4 is 10.5 Å². The molecule has 3 N–H and O–H groups in total. The largest absolute Gasteiger partial charge is 0.381 e. The molecule has 1 aliphatic rings. The van der Waals surface area contributed by atoms with Gasteiger partial charge in [-0.1, -0.05) is 12.1 Å². The number of nitrogens with two attached hydrogens (primary N) is 1. The van der Waals surface area contributed by atoms with Crippen molar-refractivity contribution in [3.8, 4) is 0 Å². The van der Waals surface area contributed by atoms with Crippen molar-refractivity contribution in [2.75, 3.05) is 33.9 Å². The van der Waals surface area contributed by atoms with Crippen LogP contribution in [-0.4, -0.2) is 53.1 Å². The lowest BCUT2D eigenvalue weighted by atomic mass is 9.96. The predicted octanol–water partition coefficient (Wildman–Crippen LogP) is 1.78. The van der Waals surface area contributed by atoms with Crippen LogP contribution in [-0.2, 0) is 21.3 Å². The van der Waals surface area contributed by atoms with Gasteiger partial charge in [-0.2, -0.15) is 0 Å². The third kappa shape index (κ3) is 7.37. The molecular weight excluding hydrogens is 467 g/mol. The summed E-state index contributed by atoms with van der Waals surface area (Å²) in [6, 6.07) is 6.62. The molecule has 0 unspecified atom stereocenters. The van der Waals surface area contributed by atoms with Gasteiger partial charge in [0.05, 0.1) is 4.90 Å². The number of nitrogens with one attached hydrogen (secondary N) is 1. The molecule has 26 heavy (non-hydrogen) atoms. The number of aliphatic imine (C=N–C) groups is 1. The molecule has 0 aromatic heterocycles. The monoisotopic (exact) mass is 496 g/mol. The highest BCUT2D eigenvalue weighted by atomic mass is 127. The van der Waals surface area contributed by atoms with Gasteiger partial charge in [-0.3, -0.25) is 4.99 Å². The fraction of sp³-hybridized carbons (Fsp3) is 0.588. The molecule has 1 aromatic rings. The van der Waals surface area contributed by atoms with E-state index in [0.29, 0.717) is 12.5 Å². The highest BCUT2D eigenvalue weighted by Crippen LogP contribution is 2.18. The number of halogens is 1. The SMILES string of the molecule is CN=C(NCc1cccc(S(N)(=O)=O)c1)N(C)CCC1CCOCC1.I. The zero-order valence-electron chi connectivity index (χ0n) is 15.3. The topological polar surface area (TPSA) is 97.0 Å². The van der Waals surface area contributed by atoms with Crippen LogP contribution >= 0.6 is 24.0 Å². The van der Waals surface area contributed by atoms with Gasteiger partial charge in [0, 0.05) is 40.4 Å². The van der Waals surface area contributed by atoms with Crippen molar-refractivity contribution >= 4 is 40.0 Å². The molecule has 0 atom stereocenters. The van der Waals surface area contributed by atoms with Crippen LogP contribution in [0.5, 0.6) is 0 Å². The lowest BCUT2D eigenvalue weighted by Gasteiger charge is -2.26. The van der Waals surface area contributed by atoms with Crippen LogP contribution in [0.25, 0.3) is 0 Å². The van der Waals surface area contributed by atoms with Crippen molar-refractivity contribution in [2.24, 2.45) is 16.0 Å². The van der Waals surface area contributed by atoms with Gasteiger partial charge in [0.25, 0.3) is 0 Å². The van der Waals surface area contributed by atoms with Gasteiger partial charge in [-0.25, -0.2) is 13.6 Å². The highest BCUT2D eigenvalue weighted by Gasteiger charge is 2.15. The van der Waals surface area contributed by atoms with Crippen molar-refractivity contribution in [1.29, 1.82) is 0 Å². The lowest BCUT2D eigenvalue weighted by molar-refractivity contribution is 0.0625. The molecule has 1 aliphatic heterocycles. The average molecular weight is 496 g/mol. The summed E-state index contributed by atoms with van der Waals surface area (Å²) in [5.41, 5.74) is 0.838. The van der Waals surface area contributed by atoms with Gasteiger partial charge >= 0.3 is 0 Å². The van der Waals surface area contributed by atoms with E-state index in [1.54, 1.807) is 19.2 Å². The van der Waals surface area contributed by atoms with Gasteiger partial charge < -0.3 is 15.0 Å². The van der Waals surface area contributed by atoms with E-state index in [4.69, 9.17) is 9.88 Å². The molecule has 9 heteroatoms. The highest BCUT2D eigenvalue weighted by molar-refractivity contribution is 14.0. The Hall–Kier alpha value is -0.910. The molecule has 0 amide bonds. The number of hydrogen-bond acceptors (Lipinski definition) is 4. The Morgan fingerprint density at radius 2 is 2.08 bits per heavy atom. The molecule has 1 fully saturated rings. The summed E-state index contributed by atoms with van der Waals surface area (Å²) in [4.78, 5) is 6.52. The molecule has 1 aromatic carbocycles. The summed E-state index contributed by atoms with van der Waals surface area (Å²) in [6.45, 7) is 3.13. The van der Waals surface area contributed by atoms with Crippen LogP contribution in [0.3, 0.4) is 0 Å². The summed E-state index contributed by atoms with van der Waals surface area (Å²) in [7, 11) is 0.0679. The van der Waals surface area contributed by atoms with Gasteiger partial charge in [0.15, 0.2) is 5.96 Å². The second kappa shape index (κ2) is 11.1. The van der Waals surface area contributed by atoms with E-state index in [1.807, 2.05) is 13.1 Å². The fourth-order valence-electron chi connectivity index (χ4n) is 2.92. The first-order valence-corrected chi connectivity index (χ1v) is 10.1. The maximum absolute atomic E-state index is 11.4. The number of sulfonamides is 1. The zero-order valence-corrected chi connectivity index (χ0v) is 18.5. The van der Waals surface area contributed by atoms with Crippen LogP contribution in [0, 0.1) is 5.92 Å².